The maximum atomic E-state index is 11.0. The van der Waals surface area contributed by atoms with Crippen LogP contribution in [0.25, 0.3) is 0 Å². The van der Waals surface area contributed by atoms with Crippen LogP contribution in [0.1, 0.15) is 24.0 Å². The van der Waals surface area contributed by atoms with Crippen LogP contribution < -0.4 is 10.2 Å². The predicted molar refractivity (Wildman–Crippen MR) is 88.6 cm³/mol. The molecule has 1 aliphatic rings. The number of nitrogens with zero attached hydrogens (tertiary/aromatic N) is 4. The molecule has 2 heterocycles. The molecular weight excluding hydrogens is 294 g/mol. The summed E-state index contributed by atoms with van der Waals surface area (Å²) in [6.45, 7) is 4.32. The number of nitro groups is 1. The number of benzene rings is 1. The van der Waals surface area contributed by atoms with E-state index in [1.165, 1.54) is 18.9 Å². The second kappa shape index (κ2) is 6.60. The third-order valence-corrected chi connectivity index (χ3v) is 4.16. The molecular formula is C16H19N5O2. The van der Waals surface area contributed by atoms with Crippen LogP contribution in [0.15, 0.2) is 30.6 Å². The summed E-state index contributed by atoms with van der Waals surface area (Å²) in [4.78, 5) is 21.4. The Bertz CT molecular complexity index is 713. The predicted octanol–water partition coefficient (Wildman–Crippen LogP) is 2.91. The van der Waals surface area contributed by atoms with Crippen molar-refractivity contribution in [2.24, 2.45) is 0 Å². The molecule has 7 nitrogen and oxygen atoms in total. The highest BCUT2D eigenvalue weighted by atomic mass is 16.6. The molecule has 0 saturated carbocycles. The Morgan fingerprint density at radius 2 is 2.09 bits per heavy atom. The fourth-order valence-corrected chi connectivity index (χ4v) is 2.81. The second-order valence-electron chi connectivity index (χ2n) is 5.63. The Balaban J connectivity index is 1.72. The smallest absolute Gasteiger partial charge is 0.272 e. The minimum Gasteiger partial charge on any atom is -0.366 e. The minimum absolute atomic E-state index is 0.143. The van der Waals surface area contributed by atoms with Crippen molar-refractivity contribution < 1.29 is 4.92 Å². The minimum atomic E-state index is -0.352. The Morgan fingerprint density at radius 1 is 1.30 bits per heavy atom. The van der Waals surface area contributed by atoms with E-state index in [2.05, 4.69) is 20.2 Å². The van der Waals surface area contributed by atoms with Crippen molar-refractivity contribution in [1.82, 2.24) is 9.97 Å². The van der Waals surface area contributed by atoms with Gasteiger partial charge in [0.05, 0.1) is 4.92 Å². The lowest BCUT2D eigenvalue weighted by molar-refractivity contribution is -0.385. The Morgan fingerprint density at radius 3 is 2.83 bits per heavy atom. The quantitative estimate of drug-likeness (QED) is 0.675. The number of hydrogen-bond donors (Lipinski definition) is 1. The molecule has 1 aliphatic heterocycles. The van der Waals surface area contributed by atoms with Gasteiger partial charge in [0, 0.05) is 37.3 Å². The summed E-state index contributed by atoms with van der Waals surface area (Å²) in [5.74, 6) is 1.66. The lowest BCUT2D eigenvalue weighted by Gasteiger charge is -2.16. The van der Waals surface area contributed by atoms with Gasteiger partial charge >= 0.3 is 0 Å². The van der Waals surface area contributed by atoms with Crippen LogP contribution in [-0.4, -0.2) is 28.0 Å². The SMILES string of the molecule is Cc1c(CNc2cc(N3CCCC3)ncn2)cccc1[N+](=O)[O-]. The summed E-state index contributed by atoms with van der Waals surface area (Å²) in [5.41, 5.74) is 1.71. The molecule has 0 amide bonds. The van der Waals surface area contributed by atoms with Crippen molar-refractivity contribution in [3.8, 4) is 0 Å². The van der Waals surface area contributed by atoms with Gasteiger partial charge in [-0.3, -0.25) is 10.1 Å². The van der Waals surface area contributed by atoms with Gasteiger partial charge in [-0.25, -0.2) is 9.97 Å². The maximum Gasteiger partial charge on any atom is 0.272 e. The van der Waals surface area contributed by atoms with E-state index in [0.717, 1.165) is 30.3 Å². The fourth-order valence-electron chi connectivity index (χ4n) is 2.81. The van der Waals surface area contributed by atoms with Crippen LogP contribution in [0.3, 0.4) is 0 Å². The normalized spacial score (nSPS) is 14.0. The molecule has 0 bridgehead atoms. The molecule has 1 aromatic carbocycles. The van der Waals surface area contributed by atoms with E-state index in [1.807, 2.05) is 12.1 Å². The Labute approximate surface area is 134 Å². The first-order chi connectivity index (χ1) is 11.1. The molecule has 1 N–H and O–H groups in total. The number of nitrogens with one attached hydrogen (secondary N) is 1. The van der Waals surface area contributed by atoms with Crippen LogP contribution in [0, 0.1) is 17.0 Å². The van der Waals surface area contributed by atoms with Gasteiger partial charge < -0.3 is 10.2 Å². The van der Waals surface area contributed by atoms with E-state index >= 15 is 0 Å². The molecule has 7 heteroatoms. The monoisotopic (exact) mass is 313 g/mol. The van der Waals surface area contributed by atoms with Gasteiger partial charge in [-0.05, 0) is 25.3 Å². The summed E-state index contributed by atoms with van der Waals surface area (Å²) < 4.78 is 0. The van der Waals surface area contributed by atoms with Gasteiger partial charge in [-0.1, -0.05) is 12.1 Å². The average molecular weight is 313 g/mol. The zero-order chi connectivity index (χ0) is 16.2. The zero-order valence-electron chi connectivity index (χ0n) is 13.0. The summed E-state index contributed by atoms with van der Waals surface area (Å²) in [6, 6.07) is 7.04. The molecule has 0 unspecified atom stereocenters. The third kappa shape index (κ3) is 3.39. The largest absolute Gasteiger partial charge is 0.366 e. The van der Waals surface area contributed by atoms with Crippen molar-refractivity contribution in [1.29, 1.82) is 0 Å². The molecule has 2 aromatic rings. The Hall–Kier alpha value is -2.70. The molecule has 0 atom stereocenters. The Kier molecular flexibility index (Phi) is 4.36. The van der Waals surface area contributed by atoms with Crippen LogP contribution >= 0.6 is 0 Å². The van der Waals surface area contributed by atoms with E-state index in [-0.39, 0.29) is 10.6 Å². The number of rotatable bonds is 5. The van der Waals surface area contributed by atoms with E-state index in [4.69, 9.17) is 0 Å². The van der Waals surface area contributed by atoms with E-state index in [9.17, 15) is 10.1 Å². The summed E-state index contributed by atoms with van der Waals surface area (Å²) >= 11 is 0. The first kappa shape index (κ1) is 15.2. The van der Waals surface area contributed by atoms with E-state index in [1.54, 1.807) is 19.3 Å². The third-order valence-electron chi connectivity index (χ3n) is 4.16. The molecule has 0 spiro atoms. The number of hydrogen-bond acceptors (Lipinski definition) is 6. The number of nitro benzene ring substituents is 1. The molecule has 23 heavy (non-hydrogen) atoms. The lowest BCUT2D eigenvalue weighted by atomic mass is 10.1. The van der Waals surface area contributed by atoms with E-state index < -0.39 is 0 Å². The molecule has 1 aromatic heterocycles. The standard InChI is InChI=1S/C16H19N5O2/c1-12-13(5-4-6-14(12)21(22)23)10-17-15-9-16(19-11-18-15)20-7-2-3-8-20/h4-6,9,11H,2-3,7-8,10H2,1H3,(H,17,18,19). The highest BCUT2D eigenvalue weighted by Gasteiger charge is 2.15. The highest BCUT2D eigenvalue weighted by molar-refractivity contribution is 5.50. The lowest BCUT2D eigenvalue weighted by Crippen LogP contribution is -2.19. The van der Waals surface area contributed by atoms with Gasteiger partial charge in [-0.15, -0.1) is 0 Å². The second-order valence-corrected chi connectivity index (χ2v) is 5.63. The van der Waals surface area contributed by atoms with Gasteiger partial charge in [0.25, 0.3) is 5.69 Å². The highest BCUT2D eigenvalue weighted by Crippen LogP contribution is 2.23. The van der Waals surface area contributed by atoms with Crippen molar-refractivity contribution in [3.05, 3.63) is 51.8 Å². The fraction of sp³-hybridized carbons (Fsp3) is 0.375. The van der Waals surface area contributed by atoms with Crippen LogP contribution in [0.5, 0.6) is 0 Å². The maximum absolute atomic E-state index is 11.0. The van der Waals surface area contributed by atoms with Gasteiger partial charge in [0.15, 0.2) is 0 Å². The first-order valence-corrected chi connectivity index (χ1v) is 7.69. The number of anilines is 2. The average Bonchev–Trinajstić information content (AvgIpc) is 3.08. The topological polar surface area (TPSA) is 84.2 Å². The molecule has 0 aliphatic carbocycles. The van der Waals surface area contributed by atoms with Gasteiger partial charge in [0.2, 0.25) is 0 Å². The number of aromatic nitrogens is 2. The van der Waals surface area contributed by atoms with Gasteiger partial charge in [-0.2, -0.15) is 0 Å². The first-order valence-electron chi connectivity index (χ1n) is 7.69. The van der Waals surface area contributed by atoms with Crippen molar-refractivity contribution in [2.45, 2.75) is 26.3 Å². The zero-order valence-corrected chi connectivity index (χ0v) is 13.0. The molecule has 3 rings (SSSR count). The molecule has 120 valence electrons. The van der Waals surface area contributed by atoms with Crippen molar-refractivity contribution >= 4 is 17.3 Å². The van der Waals surface area contributed by atoms with E-state index in [0.29, 0.717) is 12.1 Å². The van der Waals surface area contributed by atoms with Crippen LogP contribution in [0.4, 0.5) is 17.3 Å². The van der Waals surface area contributed by atoms with Crippen molar-refractivity contribution in [3.63, 3.8) is 0 Å². The summed E-state index contributed by atoms with van der Waals surface area (Å²) in [6.07, 6.45) is 3.94. The van der Waals surface area contributed by atoms with Gasteiger partial charge in [0.1, 0.15) is 18.0 Å². The van der Waals surface area contributed by atoms with Crippen molar-refractivity contribution in [2.75, 3.05) is 23.3 Å². The van der Waals surface area contributed by atoms with Crippen LogP contribution in [-0.2, 0) is 6.54 Å². The molecule has 0 radical (unpaired) electrons. The van der Waals surface area contributed by atoms with Crippen LogP contribution in [0.2, 0.25) is 0 Å². The summed E-state index contributed by atoms with van der Waals surface area (Å²) in [5, 5.41) is 14.2. The summed E-state index contributed by atoms with van der Waals surface area (Å²) in [7, 11) is 0. The molecule has 1 fully saturated rings. The molecule has 1 saturated heterocycles.